The van der Waals surface area contributed by atoms with Gasteiger partial charge in [0.15, 0.2) is 0 Å². The molecule has 4 aromatic carbocycles. The van der Waals surface area contributed by atoms with E-state index < -0.39 is 0 Å². The fourth-order valence-electron chi connectivity index (χ4n) is 3.71. The van der Waals surface area contributed by atoms with Gasteiger partial charge in [-0.2, -0.15) is 10.5 Å². The summed E-state index contributed by atoms with van der Waals surface area (Å²) < 4.78 is 0. The van der Waals surface area contributed by atoms with Gasteiger partial charge in [-0.1, -0.05) is 48.2 Å². The minimum Gasteiger partial charge on any atom is -0.308 e. The van der Waals surface area contributed by atoms with E-state index in [1.54, 1.807) is 17.8 Å². The minimum absolute atomic E-state index is 0.490. The SMILES string of the molecule is N#Cc1cc(C#N)cc(-c2ccc(N3c4ccccc4Sc4ccccc43)cc2)c1. The Labute approximate surface area is 179 Å². The second-order valence-corrected chi connectivity index (χ2v) is 8.03. The highest BCUT2D eigenvalue weighted by Gasteiger charge is 2.24. The highest BCUT2D eigenvalue weighted by atomic mass is 32.2. The standard InChI is InChI=1S/C26H15N3S/c27-16-18-13-19(17-28)15-21(14-18)20-9-11-22(12-10-20)29-23-5-1-3-7-25(23)30-26-8-4-2-6-24(26)29/h1-15H. The fourth-order valence-corrected chi connectivity index (χ4v) is 4.77. The average Bonchev–Trinajstić information content (AvgIpc) is 2.82. The summed E-state index contributed by atoms with van der Waals surface area (Å²) in [6, 6.07) is 34.6. The molecule has 0 radical (unpaired) electrons. The largest absolute Gasteiger partial charge is 0.308 e. The van der Waals surface area contributed by atoms with Crippen LogP contribution in [0.4, 0.5) is 17.1 Å². The normalized spacial score (nSPS) is 11.7. The first-order chi connectivity index (χ1) is 14.8. The smallest absolute Gasteiger partial charge is 0.0992 e. The number of nitrogens with zero attached hydrogens (tertiary/aromatic N) is 3. The molecule has 1 aliphatic rings. The van der Waals surface area contributed by atoms with Crippen LogP contribution in [-0.2, 0) is 0 Å². The van der Waals surface area contributed by atoms with E-state index in [1.165, 1.54) is 9.79 Å². The van der Waals surface area contributed by atoms with Gasteiger partial charge in [0.25, 0.3) is 0 Å². The van der Waals surface area contributed by atoms with E-state index in [-0.39, 0.29) is 0 Å². The van der Waals surface area contributed by atoms with E-state index >= 15 is 0 Å². The van der Waals surface area contributed by atoms with Gasteiger partial charge < -0.3 is 4.90 Å². The van der Waals surface area contributed by atoms with Crippen molar-refractivity contribution in [3.8, 4) is 23.3 Å². The number of anilines is 3. The summed E-state index contributed by atoms with van der Waals surface area (Å²) in [5.41, 5.74) is 6.20. The molecule has 3 nitrogen and oxygen atoms in total. The molecule has 0 amide bonds. The summed E-state index contributed by atoms with van der Waals surface area (Å²) >= 11 is 1.79. The van der Waals surface area contributed by atoms with Crippen molar-refractivity contribution in [1.82, 2.24) is 0 Å². The van der Waals surface area contributed by atoms with Crippen LogP contribution in [0, 0.1) is 22.7 Å². The van der Waals surface area contributed by atoms with E-state index in [1.807, 2.05) is 24.3 Å². The predicted octanol–water partition coefficient (Wildman–Crippen LogP) is 7.03. The zero-order valence-corrected chi connectivity index (χ0v) is 16.7. The molecule has 1 aliphatic heterocycles. The molecule has 5 rings (SSSR count). The Hall–Kier alpha value is -3.99. The minimum atomic E-state index is 0.490. The van der Waals surface area contributed by atoms with Crippen LogP contribution in [-0.4, -0.2) is 0 Å². The van der Waals surface area contributed by atoms with E-state index in [0.29, 0.717) is 11.1 Å². The van der Waals surface area contributed by atoms with Crippen molar-refractivity contribution < 1.29 is 0 Å². The van der Waals surface area contributed by atoms with Crippen molar-refractivity contribution in [2.24, 2.45) is 0 Å². The molecule has 0 saturated carbocycles. The number of nitriles is 2. The summed E-state index contributed by atoms with van der Waals surface area (Å²) in [7, 11) is 0. The molecule has 140 valence electrons. The summed E-state index contributed by atoms with van der Waals surface area (Å²) in [4.78, 5) is 4.72. The number of fused-ring (bicyclic) bond motifs is 2. The van der Waals surface area contributed by atoms with E-state index in [9.17, 15) is 10.5 Å². The average molecular weight is 401 g/mol. The van der Waals surface area contributed by atoms with Crippen molar-refractivity contribution in [1.29, 1.82) is 10.5 Å². The molecule has 0 bridgehead atoms. The topological polar surface area (TPSA) is 50.8 Å². The molecule has 0 aromatic heterocycles. The third-order valence-corrected chi connectivity index (χ3v) is 6.21. The maximum Gasteiger partial charge on any atom is 0.0992 e. The number of benzene rings is 4. The Morgan fingerprint density at radius 1 is 0.600 bits per heavy atom. The molecular formula is C26H15N3S. The van der Waals surface area contributed by atoms with Gasteiger partial charge in [-0.15, -0.1) is 0 Å². The van der Waals surface area contributed by atoms with Crippen LogP contribution in [0.15, 0.2) is 101 Å². The summed E-state index contributed by atoms with van der Waals surface area (Å²) in [5.74, 6) is 0. The van der Waals surface area contributed by atoms with Crippen LogP contribution < -0.4 is 4.90 Å². The third kappa shape index (κ3) is 3.10. The van der Waals surface area contributed by atoms with Crippen molar-refractivity contribution in [2.45, 2.75) is 9.79 Å². The lowest BCUT2D eigenvalue weighted by atomic mass is 10.00. The molecule has 4 aromatic rings. The number of para-hydroxylation sites is 2. The summed E-state index contributed by atoms with van der Waals surface area (Å²) in [5, 5.41) is 18.5. The molecule has 4 heteroatoms. The predicted molar refractivity (Wildman–Crippen MR) is 120 cm³/mol. The Morgan fingerprint density at radius 3 is 1.67 bits per heavy atom. The van der Waals surface area contributed by atoms with Crippen LogP contribution in [0.5, 0.6) is 0 Å². The van der Waals surface area contributed by atoms with Crippen molar-refractivity contribution in [3.63, 3.8) is 0 Å². The maximum absolute atomic E-state index is 9.26. The van der Waals surface area contributed by atoms with Crippen molar-refractivity contribution >= 4 is 28.8 Å². The van der Waals surface area contributed by atoms with E-state index in [0.717, 1.165) is 28.2 Å². The number of hydrogen-bond acceptors (Lipinski definition) is 4. The highest BCUT2D eigenvalue weighted by molar-refractivity contribution is 7.99. The first kappa shape index (κ1) is 18.1. The van der Waals surface area contributed by atoms with Gasteiger partial charge in [0.1, 0.15) is 0 Å². The molecule has 0 fully saturated rings. The highest BCUT2D eigenvalue weighted by Crippen LogP contribution is 2.51. The summed E-state index contributed by atoms with van der Waals surface area (Å²) in [6.45, 7) is 0. The third-order valence-electron chi connectivity index (χ3n) is 5.08. The van der Waals surface area contributed by atoms with Gasteiger partial charge in [0, 0.05) is 15.5 Å². The molecule has 0 unspecified atom stereocenters. The molecule has 0 spiro atoms. The van der Waals surface area contributed by atoms with E-state index in [4.69, 9.17) is 0 Å². The first-order valence-corrected chi connectivity index (χ1v) is 10.3. The van der Waals surface area contributed by atoms with Crippen LogP contribution in [0.2, 0.25) is 0 Å². The quantitative estimate of drug-likeness (QED) is 0.318. The second kappa shape index (κ2) is 7.44. The molecule has 0 aliphatic carbocycles. The van der Waals surface area contributed by atoms with Crippen LogP contribution in [0.1, 0.15) is 11.1 Å². The fraction of sp³-hybridized carbons (Fsp3) is 0. The van der Waals surface area contributed by atoms with Gasteiger partial charge in [0.05, 0.1) is 34.6 Å². The molecule has 30 heavy (non-hydrogen) atoms. The van der Waals surface area contributed by atoms with Gasteiger partial charge in [-0.25, -0.2) is 0 Å². The zero-order valence-electron chi connectivity index (χ0n) is 15.9. The molecule has 0 saturated heterocycles. The maximum atomic E-state index is 9.26. The monoisotopic (exact) mass is 401 g/mol. The van der Waals surface area contributed by atoms with Crippen LogP contribution in [0.3, 0.4) is 0 Å². The number of hydrogen-bond donors (Lipinski definition) is 0. The Morgan fingerprint density at radius 2 is 1.13 bits per heavy atom. The lowest BCUT2D eigenvalue weighted by Gasteiger charge is -2.32. The molecule has 1 heterocycles. The molecule has 0 atom stereocenters. The molecular weight excluding hydrogens is 386 g/mol. The van der Waals surface area contributed by atoms with Gasteiger partial charge in [0.2, 0.25) is 0 Å². The number of rotatable bonds is 2. The Kier molecular flexibility index (Phi) is 4.48. The van der Waals surface area contributed by atoms with Crippen molar-refractivity contribution in [3.05, 3.63) is 102 Å². The summed E-state index contributed by atoms with van der Waals surface area (Å²) in [6.07, 6.45) is 0. The lowest BCUT2D eigenvalue weighted by Crippen LogP contribution is -2.14. The van der Waals surface area contributed by atoms with Crippen molar-refractivity contribution in [2.75, 3.05) is 4.90 Å². The van der Waals surface area contributed by atoms with Crippen LogP contribution in [0.25, 0.3) is 11.1 Å². The van der Waals surface area contributed by atoms with Gasteiger partial charge in [-0.05, 0) is 65.7 Å². The molecule has 0 N–H and O–H groups in total. The Balaban J connectivity index is 1.60. The van der Waals surface area contributed by atoms with Gasteiger partial charge in [-0.3, -0.25) is 0 Å². The van der Waals surface area contributed by atoms with Gasteiger partial charge >= 0.3 is 0 Å². The van der Waals surface area contributed by atoms with Crippen LogP contribution >= 0.6 is 11.8 Å². The first-order valence-electron chi connectivity index (χ1n) is 9.48. The zero-order chi connectivity index (χ0) is 20.5. The second-order valence-electron chi connectivity index (χ2n) is 6.94. The van der Waals surface area contributed by atoms with E-state index in [2.05, 4.69) is 77.7 Å². The Bertz CT molecular complexity index is 1270. The lowest BCUT2D eigenvalue weighted by molar-refractivity contribution is 1.17.